The Bertz CT molecular complexity index is 341. The van der Waals surface area contributed by atoms with E-state index < -0.39 is 6.43 Å². The van der Waals surface area contributed by atoms with Gasteiger partial charge in [-0.25, -0.2) is 8.78 Å². The van der Waals surface area contributed by atoms with Crippen molar-refractivity contribution in [3.63, 3.8) is 0 Å². The van der Waals surface area contributed by atoms with E-state index in [4.69, 9.17) is 0 Å². The van der Waals surface area contributed by atoms with Crippen molar-refractivity contribution in [2.45, 2.75) is 33.2 Å². The summed E-state index contributed by atoms with van der Waals surface area (Å²) >= 11 is 0. The van der Waals surface area contributed by atoms with Gasteiger partial charge in [0.1, 0.15) is 5.69 Å². The van der Waals surface area contributed by atoms with Gasteiger partial charge < -0.3 is 0 Å². The van der Waals surface area contributed by atoms with Crippen molar-refractivity contribution in [1.82, 2.24) is 9.78 Å². The smallest absolute Gasteiger partial charge is 0.279 e. The second kappa shape index (κ2) is 4.39. The van der Waals surface area contributed by atoms with Crippen molar-refractivity contribution in [1.29, 1.82) is 0 Å². The summed E-state index contributed by atoms with van der Waals surface area (Å²) in [4.78, 5) is 11.2. The van der Waals surface area contributed by atoms with Gasteiger partial charge in [0.2, 0.25) is 0 Å². The maximum absolute atomic E-state index is 12.2. The quantitative estimate of drug-likeness (QED) is 0.801. The van der Waals surface area contributed by atoms with Crippen LogP contribution in [-0.4, -0.2) is 9.78 Å². The SMILES string of the molecule is CC(C)CCn1[nH]c(C(F)F)cc1=O. The minimum atomic E-state index is -2.61. The lowest BCUT2D eigenvalue weighted by molar-refractivity contribution is 0.145. The number of H-pyrrole nitrogens is 1. The van der Waals surface area contributed by atoms with E-state index in [-0.39, 0.29) is 11.3 Å². The van der Waals surface area contributed by atoms with E-state index in [1.807, 2.05) is 13.8 Å². The van der Waals surface area contributed by atoms with Crippen LogP contribution in [0.2, 0.25) is 0 Å². The molecule has 1 aromatic heterocycles. The minimum absolute atomic E-state index is 0.307. The Morgan fingerprint density at radius 3 is 2.57 bits per heavy atom. The molecule has 0 aliphatic heterocycles. The standard InChI is InChI=1S/C9H14F2N2O/c1-6(2)3-4-13-8(14)5-7(12-13)9(10)11/h5-6,9,12H,3-4H2,1-2H3. The van der Waals surface area contributed by atoms with E-state index in [1.54, 1.807) is 0 Å². The van der Waals surface area contributed by atoms with Crippen molar-refractivity contribution < 1.29 is 8.78 Å². The summed E-state index contributed by atoms with van der Waals surface area (Å²) in [6.07, 6.45) is -1.81. The van der Waals surface area contributed by atoms with E-state index in [0.29, 0.717) is 12.5 Å². The molecule has 80 valence electrons. The third-order valence-electron chi connectivity index (χ3n) is 1.97. The van der Waals surface area contributed by atoms with Crippen molar-refractivity contribution in [2.24, 2.45) is 5.92 Å². The first-order valence-corrected chi connectivity index (χ1v) is 4.58. The predicted octanol–water partition coefficient (Wildman–Crippen LogP) is 2.16. The summed E-state index contributed by atoms with van der Waals surface area (Å²) < 4.78 is 25.6. The van der Waals surface area contributed by atoms with Gasteiger partial charge >= 0.3 is 0 Å². The number of aromatic nitrogens is 2. The fraction of sp³-hybridized carbons (Fsp3) is 0.667. The number of nitrogens with one attached hydrogen (secondary N) is 1. The van der Waals surface area contributed by atoms with Crippen LogP contribution in [0, 0.1) is 5.92 Å². The zero-order valence-corrected chi connectivity index (χ0v) is 8.26. The van der Waals surface area contributed by atoms with Gasteiger partial charge in [-0.05, 0) is 12.3 Å². The predicted molar refractivity (Wildman–Crippen MR) is 49.5 cm³/mol. The number of hydrogen-bond donors (Lipinski definition) is 1. The summed E-state index contributed by atoms with van der Waals surface area (Å²) in [5.41, 5.74) is -0.695. The molecule has 0 atom stereocenters. The topological polar surface area (TPSA) is 37.8 Å². The maximum Gasteiger partial charge on any atom is 0.279 e. The van der Waals surface area contributed by atoms with Crippen LogP contribution in [0.4, 0.5) is 8.78 Å². The first-order chi connectivity index (χ1) is 6.50. The van der Waals surface area contributed by atoms with Crippen molar-refractivity contribution in [2.75, 3.05) is 0 Å². The summed E-state index contributed by atoms with van der Waals surface area (Å²) in [6, 6.07) is 0.949. The number of hydrogen-bond acceptors (Lipinski definition) is 1. The van der Waals surface area contributed by atoms with Crippen LogP contribution in [0.15, 0.2) is 10.9 Å². The summed E-state index contributed by atoms with van der Waals surface area (Å²) in [6.45, 7) is 4.49. The van der Waals surface area contributed by atoms with Gasteiger partial charge in [-0.15, -0.1) is 0 Å². The first kappa shape index (κ1) is 10.9. The lowest BCUT2D eigenvalue weighted by Crippen LogP contribution is -2.16. The average molecular weight is 204 g/mol. The molecule has 14 heavy (non-hydrogen) atoms. The Labute approximate surface area is 80.7 Å². The molecular formula is C9H14F2N2O. The molecule has 0 fully saturated rings. The number of halogens is 2. The Morgan fingerprint density at radius 1 is 1.50 bits per heavy atom. The molecular weight excluding hydrogens is 190 g/mol. The number of aryl methyl sites for hydroxylation is 1. The molecule has 5 heteroatoms. The molecule has 1 N–H and O–H groups in total. The highest BCUT2D eigenvalue weighted by molar-refractivity contribution is 5.00. The van der Waals surface area contributed by atoms with Crippen molar-refractivity contribution >= 4 is 0 Å². The molecule has 0 aliphatic rings. The highest BCUT2D eigenvalue weighted by atomic mass is 19.3. The third kappa shape index (κ3) is 2.68. The van der Waals surface area contributed by atoms with Gasteiger partial charge in [0.25, 0.3) is 12.0 Å². The number of rotatable bonds is 4. The Kier molecular flexibility index (Phi) is 3.43. The Balaban J connectivity index is 2.73. The van der Waals surface area contributed by atoms with Crippen molar-refractivity contribution in [3.8, 4) is 0 Å². The summed E-state index contributed by atoms with van der Waals surface area (Å²) in [7, 11) is 0. The first-order valence-electron chi connectivity index (χ1n) is 4.58. The van der Waals surface area contributed by atoms with Gasteiger partial charge in [0.05, 0.1) is 0 Å². The highest BCUT2D eigenvalue weighted by Crippen LogP contribution is 2.13. The summed E-state index contributed by atoms with van der Waals surface area (Å²) in [5, 5.41) is 2.39. The average Bonchev–Trinajstić information content (AvgIpc) is 2.43. The molecule has 0 amide bonds. The molecule has 1 rings (SSSR count). The molecule has 0 aromatic carbocycles. The zero-order chi connectivity index (χ0) is 10.7. The van der Waals surface area contributed by atoms with Crippen LogP contribution in [0.5, 0.6) is 0 Å². The van der Waals surface area contributed by atoms with Gasteiger partial charge in [0.15, 0.2) is 0 Å². The largest absolute Gasteiger partial charge is 0.294 e. The van der Waals surface area contributed by atoms with Crippen LogP contribution in [0.3, 0.4) is 0 Å². The Morgan fingerprint density at radius 2 is 2.14 bits per heavy atom. The van der Waals surface area contributed by atoms with Crippen LogP contribution in [0.25, 0.3) is 0 Å². The van der Waals surface area contributed by atoms with Crippen LogP contribution in [-0.2, 0) is 6.54 Å². The van der Waals surface area contributed by atoms with E-state index in [9.17, 15) is 13.6 Å². The molecule has 0 radical (unpaired) electrons. The number of aromatic amines is 1. The number of alkyl halides is 2. The molecule has 0 spiro atoms. The zero-order valence-electron chi connectivity index (χ0n) is 8.26. The Hall–Kier alpha value is -1.13. The van der Waals surface area contributed by atoms with Crippen LogP contribution in [0.1, 0.15) is 32.4 Å². The highest BCUT2D eigenvalue weighted by Gasteiger charge is 2.11. The molecule has 1 heterocycles. The molecule has 1 aromatic rings. The van der Waals surface area contributed by atoms with Crippen LogP contribution >= 0.6 is 0 Å². The third-order valence-corrected chi connectivity index (χ3v) is 1.97. The van der Waals surface area contributed by atoms with Crippen molar-refractivity contribution in [3.05, 3.63) is 22.1 Å². The molecule has 0 aliphatic carbocycles. The maximum atomic E-state index is 12.2. The van der Waals surface area contributed by atoms with E-state index in [0.717, 1.165) is 12.5 Å². The van der Waals surface area contributed by atoms with E-state index in [1.165, 1.54) is 4.68 Å². The second-order valence-electron chi connectivity index (χ2n) is 3.68. The van der Waals surface area contributed by atoms with Gasteiger partial charge in [0, 0.05) is 12.6 Å². The lowest BCUT2D eigenvalue weighted by atomic mass is 10.1. The normalized spacial score (nSPS) is 11.6. The fourth-order valence-corrected chi connectivity index (χ4v) is 1.12. The van der Waals surface area contributed by atoms with Crippen LogP contribution < -0.4 is 5.56 Å². The minimum Gasteiger partial charge on any atom is -0.294 e. The fourth-order valence-electron chi connectivity index (χ4n) is 1.12. The molecule has 0 saturated heterocycles. The second-order valence-corrected chi connectivity index (χ2v) is 3.68. The van der Waals surface area contributed by atoms with E-state index >= 15 is 0 Å². The molecule has 0 bridgehead atoms. The monoisotopic (exact) mass is 204 g/mol. The van der Waals surface area contributed by atoms with Gasteiger partial charge in [-0.3, -0.25) is 14.6 Å². The summed E-state index contributed by atoms with van der Waals surface area (Å²) in [5.74, 6) is 0.445. The van der Waals surface area contributed by atoms with Gasteiger partial charge in [-0.1, -0.05) is 13.8 Å². The van der Waals surface area contributed by atoms with Gasteiger partial charge in [-0.2, -0.15) is 0 Å². The number of nitrogens with zero attached hydrogens (tertiary/aromatic N) is 1. The van der Waals surface area contributed by atoms with E-state index in [2.05, 4.69) is 5.10 Å². The molecule has 0 saturated carbocycles. The molecule has 0 unspecified atom stereocenters. The molecule has 3 nitrogen and oxygen atoms in total. The lowest BCUT2D eigenvalue weighted by Gasteiger charge is -2.04.